The van der Waals surface area contributed by atoms with Crippen LogP contribution in [0.5, 0.6) is 5.95 Å². The Labute approximate surface area is 205 Å². The molecular weight excluding hydrogens is 446 g/mol. The number of methoxy groups -OCH3 is 1. The fraction of sp³-hybridized carbons (Fsp3) is 0.464. The van der Waals surface area contributed by atoms with Gasteiger partial charge in [0, 0.05) is 34.4 Å². The van der Waals surface area contributed by atoms with Gasteiger partial charge in [-0.1, -0.05) is 42.4 Å². The number of nitrogens with one attached hydrogen (secondary N) is 1. The Balaban J connectivity index is 1.59. The van der Waals surface area contributed by atoms with Gasteiger partial charge in [0.2, 0.25) is 0 Å². The van der Waals surface area contributed by atoms with Crippen LogP contribution < -0.4 is 15.4 Å². The molecule has 1 spiro atoms. The average molecular weight is 480 g/mol. The van der Waals surface area contributed by atoms with Gasteiger partial charge in [0.25, 0.3) is 5.95 Å². The van der Waals surface area contributed by atoms with E-state index < -0.39 is 5.23 Å². The molecule has 6 unspecified atom stereocenters. The molecule has 7 heteroatoms. The second-order valence-electron chi connectivity index (χ2n) is 10.7. The second-order valence-corrected chi connectivity index (χ2v) is 10.7. The summed E-state index contributed by atoms with van der Waals surface area (Å²) in [5.41, 5.74) is 4.56. The maximum atomic E-state index is 12.9. The molecule has 5 rings (SSSR count). The number of benzene rings is 1. The molecule has 0 amide bonds. The van der Waals surface area contributed by atoms with Gasteiger partial charge in [-0.25, -0.2) is 5.21 Å². The zero-order valence-corrected chi connectivity index (χ0v) is 21.1. The summed E-state index contributed by atoms with van der Waals surface area (Å²) in [5, 5.41) is 19.9. The molecule has 7 nitrogen and oxygen atoms in total. The molecule has 1 saturated carbocycles. The first kappa shape index (κ1) is 24.0. The van der Waals surface area contributed by atoms with E-state index in [0.29, 0.717) is 29.9 Å². The van der Waals surface area contributed by atoms with E-state index in [1.807, 2.05) is 12.1 Å². The van der Waals surface area contributed by atoms with Crippen LogP contribution in [0.15, 0.2) is 56.8 Å². The van der Waals surface area contributed by atoms with Crippen LogP contribution in [0.2, 0.25) is 0 Å². The number of ether oxygens (including phenoxy) is 2. The lowest BCUT2D eigenvalue weighted by Crippen LogP contribution is -2.99. The summed E-state index contributed by atoms with van der Waals surface area (Å²) >= 11 is 0. The Hall–Kier alpha value is -2.71. The molecule has 1 aliphatic heterocycles. The van der Waals surface area contributed by atoms with Crippen molar-refractivity contribution in [2.24, 2.45) is 16.7 Å². The normalized spacial score (nSPS) is 32.5. The van der Waals surface area contributed by atoms with Crippen molar-refractivity contribution in [2.75, 3.05) is 13.7 Å². The molecule has 2 aromatic rings. The van der Waals surface area contributed by atoms with Crippen LogP contribution >= 0.6 is 0 Å². The third-order valence-corrected chi connectivity index (χ3v) is 8.49. The number of quaternary nitrogens is 1. The molecule has 1 aromatic carbocycles. The van der Waals surface area contributed by atoms with Crippen molar-refractivity contribution in [3.05, 3.63) is 85.4 Å². The van der Waals surface area contributed by atoms with Crippen molar-refractivity contribution in [1.29, 1.82) is 0 Å². The average Bonchev–Trinajstić information content (AvgIpc) is 3.23. The summed E-state index contributed by atoms with van der Waals surface area (Å²) in [5.74, 6) is 1.16. The molecule has 1 aromatic heterocycles. The topological polar surface area (TPSA) is 96.4 Å². The summed E-state index contributed by atoms with van der Waals surface area (Å²) in [7, 11) is 1.50. The lowest BCUT2D eigenvalue weighted by molar-refractivity contribution is -0.991. The van der Waals surface area contributed by atoms with Crippen molar-refractivity contribution in [1.82, 2.24) is 0 Å². The standard InChI is InChI=1S/C28H33NO6/c1-15-11-16(2)24-27(5,12-15)25(19-7-9-20(10-8-19)29(31)32)28(24)13-21(34-14-28)23-17(3)22(30)18(4)26(33-6)35-23/h7-12,21,24-25,29,31H,13-14H2,1-6H3. The first-order valence-corrected chi connectivity index (χ1v) is 12.0. The minimum Gasteiger partial charge on any atom is -0.595 e. The van der Waals surface area contributed by atoms with Gasteiger partial charge in [0.05, 0.1) is 19.3 Å². The summed E-state index contributed by atoms with van der Waals surface area (Å²) in [4.78, 5) is 12.9. The first-order chi connectivity index (χ1) is 16.5. The van der Waals surface area contributed by atoms with Gasteiger partial charge >= 0.3 is 0 Å². The molecule has 2 N–H and O–H groups in total. The van der Waals surface area contributed by atoms with Crippen LogP contribution in [0.4, 0.5) is 5.69 Å². The highest BCUT2D eigenvalue weighted by molar-refractivity contribution is 5.48. The third-order valence-electron chi connectivity index (χ3n) is 8.49. The van der Waals surface area contributed by atoms with Gasteiger partial charge in [-0.05, 0) is 45.6 Å². The van der Waals surface area contributed by atoms with Gasteiger partial charge in [0.15, 0.2) is 11.1 Å². The van der Waals surface area contributed by atoms with Gasteiger partial charge < -0.3 is 19.1 Å². The molecule has 2 heterocycles. The molecule has 2 fully saturated rings. The number of fused-ring (bicyclic) bond motifs is 2. The van der Waals surface area contributed by atoms with Crippen LogP contribution in [0.3, 0.4) is 0 Å². The molecule has 186 valence electrons. The maximum Gasteiger partial charge on any atom is 0.291 e. The molecule has 35 heavy (non-hydrogen) atoms. The Bertz CT molecular complexity index is 1290. The largest absolute Gasteiger partial charge is 0.595 e. The zero-order chi connectivity index (χ0) is 25.3. The van der Waals surface area contributed by atoms with Gasteiger partial charge in [-0.3, -0.25) is 4.79 Å². The van der Waals surface area contributed by atoms with Crippen LogP contribution in [0.25, 0.3) is 0 Å². The molecule has 2 aliphatic carbocycles. The van der Waals surface area contributed by atoms with Crippen molar-refractivity contribution in [3.8, 4) is 5.95 Å². The fourth-order valence-electron chi connectivity index (χ4n) is 7.60. The number of hydrogen-bond acceptors (Lipinski definition) is 6. The van der Waals surface area contributed by atoms with Crippen molar-refractivity contribution >= 4 is 5.69 Å². The van der Waals surface area contributed by atoms with E-state index in [9.17, 15) is 15.2 Å². The molecule has 3 aliphatic rings. The lowest BCUT2D eigenvalue weighted by Gasteiger charge is -2.67. The van der Waals surface area contributed by atoms with Crippen LogP contribution in [-0.4, -0.2) is 18.9 Å². The minimum atomic E-state index is -0.931. The summed E-state index contributed by atoms with van der Waals surface area (Å²) in [6.45, 7) is 10.6. The Morgan fingerprint density at radius 1 is 1.11 bits per heavy atom. The van der Waals surface area contributed by atoms with Crippen molar-refractivity contribution in [3.63, 3.8) is 0 Å². The van der Waals surface area contributed by atoms with Crippen molar-refractivity contribution < 1.29 is 24.3 Å². The van der Waals surface area contributed by atoms with E-state index >= 15 is 0 Å². The Kier molecular flexibility index (Phi) is 5.60. The smallest absolute Gasteiger partial charge is 0.291 e. The van der Waals surface area contributed by atoms with E-state index in [1.54, 1.807) is 26.0 Å². The first-order valence-electron chi connectivity index (χ1n) is 12.0. The zero-order valence-electron chi connectivity index (χ0n) is 21.1. The van der Waals surface area contributed by atoms with Crippen molar-refractivity contribution in [2.45, 2.75) is 53.1 Å². The minimum absolute atomic E-state index is 0.0841. The van der Waals surface area contributed by atoms with E-state index in [4.69, 9.17) is 13.9 Å². The Morgan fingerprint density at radius 2 is 1.80 bits per heavy atom. The van der Waals surface area contributed by atoms with Crippen LogP contribution in [0, 0.1) is 35.8 Å². The monoisotopic (exact) mass is 479 g/mol. The van der Waals surface area contributed by atoms with E-state index in [2.05, 4.69) is 32.9 Å². The number of rotatable bonds is 4. The molecule has 0 bridgehead atoms. The van der Waals surface area contributed by atoms with Gasteiger partial charge in [0.1, 0.15) is 11.9 Å². The highest BCUT2D eigenvalue weighted by Crippen LogP contribution is 2.76. The van der Waals surface area contributed by atoms with E-state index in [1.165, 1.54) is 18.3 Å². The maximum absolute atomic E-state index is 12.9. The summed E-state index contributed by atoms with van der Waals surface area (Å²) in [6, 6.07) is 7.26. The quantitative estimate of drug-likeness (QED) is 0.630. The predicted molar refractivity (Wildman–Crippen MR) is 131 cm³/mol. The van der Waals surface area contributed by atoms with Gasteiger partial charge in [-0.15, -0.1) is 0 Å². The van der Waals surface area contributed by atoms with Crippen LogP contribution in [-0.2, 0) is 4.74 Å². The summed E-state index contributed by atoms with van der Waals surface area (Å²) in [6.07, 6.45) is 4.96. The van der Waals surface area contributed by atoms with E-state index in [-0.39, 0.29) is 45.8 Å². The van der Waals surface area contributed by atoms with Gasteiger partial charge in [-0.2, -0.15) is 5.23 Å². The Morgan fingerprint density at radius 3 is 2.43 bits per heavy atom. The lowest BCUT2D eigenvalue weighted by atomic mass is 9.35. The molecular formula is C28H33NO6. The van der Waals surface area contributed by atoms with E-state index in [0.717, 1.165) is 5.56 Å². The molecule has 1 saturated heterocycles. The molecule has 0 radical (unpaired) electrons. The highest BCUT2D eigenvalue weighted by Gasteiger charge is 2.71. The SMILES string of the molecule is COc1oc(C2CC3(CO2)C2C(C)=CC(C)=CC2(C)C3c2ccc([NH+]([O-])O)cc2)c(C)c(=O)c1C. The van der Waals surface area contributed by atoms with Crippen LogP contribution in [0.1, 0.15) is 61.7 Å². The molecule has 6 atom stereocenters. The highest BCUT2D eigenvalue weighted by atomic mass is 16.8. The summed E-state index contributed by atoms with van der Waals surface area (Å²) < 4.78 is 17.8. The fourth-order valence-corrected chi connectivity index (χ4v) is 7.60. The third kappa shape index (κ3) is 3.37. The number of hydrogen-bond donors (Lipinski definition) is 2. The second kappa shape index (κ2) is 8.17. The predicted octanol–water partition coefficient (Wildman–Crippen LogP) is 4.44. The number of allylic oxidation sites excluding steroid dienone is 4.